The van der Waals surface area contributed by atoms with Crippen molar-refractivity contribution in [3.63, 3.8) is 0 Å². The number of nitrogens with zero attached hydrogens (tertiary/aromatic N) is 3. The van der Waals surface area contributed by atoms with Crippen LogP contribution in [0.1, 0.15) is 33.8 Å². The van der Waals surface area contributed by atoms with Gasteiger partial charge in [-0.2, -0.15) is 5.10 Å². The van der Waals surface area contributed by atoms with Crippen LogP contribution in [0.3, 0.4) is 0 Å². The minimum absolute atomic E-state index is 0.162. The van der Waals surface area contributed by atoms with Gasteiger partial charge in [-0.3, -0.25) is 10.2 Å². The number of aromatic nitrogens is 2. The van der Waals surface area contributed by atoms with Crippen LogP contribution in [0.4, 0.5) is 0 Å². The fraction of sp³-hybridized carbons (Fsp3) is 0.300. The van der Waals surface area contributed by atoms with Gasteiger partial charge in [-0.1, -0.05) is 23.2 Å². The number of aryl methyl sites for hydroxylation is 1. The van der Waals surface area contributed by atoms with Crippen LogP contribution >= 0.6 is 50.5 Å². The molecule has 1 fully saturated rings. The normalized spacial score (nSPS) is 16.0. The van der Waals surface area contributed by atoms with Gasteiger partial charge in [0.05, 0.1) is 20.2 Å². The van der Waals surface area contributed by atoms with E-state index in [1.807, 2.05) is 11.1 Å². The molecule has 1 aliphatic carbocycles. The van der Waals surface area contributed by atoms with Crippen molar-refractivity contribution in [1.82, 2.24) is 20.2 Å². The third-order valence-corrected chi connectivity index (χ3v) is 7.57. The summed E-state index contributed by atoms with van der Waals surface area (Å²) in [6.07, 6.45) is 3.85. The summed E-state index contributed by atoms with van der Waals surface area (Å²) in [7, 11) is 0. The van der Waals surface area contributed by atoms with E-state index in [1.54, 1.807) is 28.2 Å². The van der Waals surface area contributed by atoms with Gasteiger partial charge in [0.25, 0.3) is 5.91 Å². The molecule has 5 rings (SSSR count). The second-order valence-corrected chi connectivity index (χ2v) is 10.6. The Morgan fingerprint density at radius 3 is 2.72 bits per heavy atom. The number of hydrogen-bond acceptors (Lipinski definition) is 4. The number of benzene rings is 1. The van der Waals surface area contributed by atoms with Crippen LogP contribution < -0.4 is 5.43 Å². The number of hydrazine groups is 1. The smallest absolute Gasteiger partial charge is 0.283 e. The number of carbonyl (C=O) groups is 1. The van der Waals surface area contributed by atoms with E-state index >= 15 is 0 Å². The summed E-state index contributed by atoms with van der Waals surface area (Å²) >= 11 is 17.9. The molecule has 3 aromatic rings. The van der Waals surface area contributed by atoms with Crippen LogP contribution in [-0.2, 0) is 12.8 Å². The minimum Gasteiger partial charge on any atom is -0.283 e. The van der Waals surface area contributed by atoms with Crippen molar-refractivity contribution < 1.29 is 4.79 Å². The summed E-state index contributed by atoms with van der Waals surface area (Å²) in [5, 5.41) is 7.77. The molecular weight excluding hydrogens is 495 g/mol. The van der Waals surface area contributed by atoms with Crippen LogP contribution in [0.5, 0.6) is 0 Å². The quantitative estimate of drug-likeness (QED) is 0.504. The fourth-order valence-electron chi connectivity index (χ4n) is 4.02. The zero-order valence-electron chi connectivity index (χ0n) is 15.3. The van der Waals surface area contributed by atoms with Gasteiger partial charge in [0, 0.05) is 34.1 Å². The number of nitrogens with one attached hydrogen (secondary N) is 1. The van der Waals surface area contributed by atoms with Crippen molar-refractivity contribution in [2.75, 3.05) is 13.1 Å². The maximum Gasteiger partial charge on any atom is 0.286 e. The second kappa shape index (κ2) is 7.71. The Morgan fingerprint density at radius 1 is 1.17 bits per heavy atom. The van der Waals surface area contributed by atoms with Gasteiger partial charge in [0.1, 0.15) is 0 Å². The van der Waals surface area contributed by atoms with Gasteiger partial charge in [-0.15, -0.1) is 11.3 Å². The lowest BCUT2D eigenvalue weighted by Gasteiger charge is -2.17. The zero-order valence-corrected chi connectivity index (χ0v) is 19.3. The number of thiophene rings is 1. The zero-order chi connectivity index (χ0) is 20.1. The van der Waals surface area contributed by atoms with Crippen LogP contribution in [0.15, 0.2) is 28.1 Å². The molecule has 0 atom stereocenters. The molecular formula is C20H17BrCl2N4OS. The second-order valence-electron chi connectivity index (χ2n) is 7.21. The highest BCUT2D eigenvalue weighted by atomic mass is 79.9. The summed E-state index contributed by atoms with van der Waals surface area (Å²) in [6.45, 7) is 1.75. The van der Waals surface area contributed by atoms with E-state index in [0.29, 0.717) is 21.4 Å². The number of amides is 1. The molecule has 2 aliphatic rings. The van der Waals surface area contributed by atoms with E-state index in [1.165, 1.54) is 4.88 Å². The van der Waals surface area contributed by atoms with Crippen LogP contribution in [0.25, 0.3) is 16.9 Å². The van der Waals surface area contributed by atoms with E-state index in [0.717, 1.165) is 59.4 Å². The molecule has 0 unspecified atom stereocenters. The van der Waals surface area contributed by atoms with Crippen molar-refractivity contribution in [2.24, 2.45) is 0 Å². The van der Waals surface area contributed by atoms with Crippen molar-refractivity contribution in [3.8, 4) is 16.9 Å². The summed E-state index contributed by atoms with van der Waals surface area (Å²) in [5.74, 6) is -0.162. The molecule has 0 bridgehead atoms. The molecule has 9 heteroatoms. The summed E-state index contributed by atoms with van der Waals surface area (Å²) < 4.78 is 2.86. The van der Waals surface area contributed by atoms with E-state index < -0.39 is 0 Å². The van der Waals surface area contributed by atoms with Gasteiger partial charge < -0.3 is 0 Å². The molecule has 1 N–H and O–H groups in total. The topological polar surface area (TPSA) is 50.2 Å². The van der Waals surface area contributed by atoms with Crippen molar-refractivity contribution in [3.05, 3.63) is 54.2 Å². The van der Waals surface area contributed by atoms with E-state index in [4.69, 9.17) is 28.3 Å². The minimum atomic E-state index is -0.162. The van der Waals surface area contributed by atoms with Gasteiger partial charge in [0.15, 0.2) is 5.69 Å². The Bertz CT molecular complexity index is 1120. The van der Waals surface area contributed by atoms with E-state index in [-0.39, 0.29) is 5.91 Å². The lowest BCUT2D eigenvalue weighted by Crippen LogP contribution is -2.40. The molecule has 1 saturated heterocycles. The first kappa shape index (κ1) is 19.6. The van der Waals surface area contributed by atoms with Crippen LogP contribution in [0, 0.1) is 0 Å². The molecule has 1 amide bonds. The Hall–Kier alpha value is -1.38. The van der Waals surface area contributed by atoms with Gasteiger partial charge in [0.2, 0.25) is 0 Å². The third kappa shape index (κ3) is 3.53. The molecule has 3 heterocycles. The first-order valence-electron chi connectivity index (χ1n) is 9.43. The Morgan fingerprint density at radius 2 is 1.97 bits per heavy atom. The molecule has 1 aliphatic heterocycles. The molecule has 0 spiro atoms. The maximum absolute atomic E-state index is 13.1. The lowest BCUT2D eigenvalue weighted by atomic mass is 9.94. The summed E-state index contributed by atoms with van der Waals surface area (Å²) in [6, 6.07) is 7.43. The average molecular weight is 512 g/mol. The van der Waals surface area contributed by atoms with Crippen molar-refractivity contribution in [1.29, 1.82) is 0 Å². The first-order chi connectivity index (χ1) is 14.0. The molecule has 5 nitrogen and oxygen atoms in total. The van der Waals surface area contributed by atoms with E-state index in [9.17, 15) is 4.79 Å². The lowest BCUT2D eigenvalue weighted by molar-refractivity contribution is 0.0819. The van der Waals surface area contributed by atoms with E-state index in [2.05, 4.69) is 27.4 Å². The average Bonchev–Trinajstić information content (AvgIpc) is 3.39. The first-order valence-corrected chi connectivity index (χ1v) is 11.8. The Kier molecular flexibility index (Phi) is 5.20. The standard InChI is InChI=1S/C20H17BrCl2N4OS/c21-17-10-13-16(29-17)6-4-12-18(20(28)25-26-7-1-2-8-26)24-27(19(12)13)15-5-3-11(22)9-14(15)23/h3,5,9-10H,1-2,4,6-8H2,(H,25,28). The monoisotopic (exact) mass is 510 g/mol. The molecule has 29 heavy (non-hydrogen) atoms. The number of carbonyl (C=O) groups excluding carboxylic acids is 1. The fourth-order valence-corrected chi connectivity index (χ4v) is 6.21. The molecule has 0 radical (unpaired) electrons. The van der Waals surface area contributed by atoms with Gasteiger partial charge >= 0.3 is 0 Å². The number of hydrogen-bond donors (Lipinski definition) is 1. The maximum atomic E-state index is 13.1. The number of fused-ring (bicyclic) bond motifs is 3. The predicted octanol–water partition coefficient (Wildman–Crippen LogP) is 5.51. The van der Waals surface area contributed by atoms with Crippen LogP contribution in [-0.4, -0.2) is 33.8 Å². The molecule has 1 aromatic carbocycles. The molecule has 2 aromatic heterocycles. The highest BCUT2D eigenvalue weighted by Gasteiger charge is 2.31. The SMILES string of the molecule is O=C(NN1CCCC1)c1nn(-c2ccc(Cl)cc2Cl)c2c1CCc1sc(Br)cc1-2. The highest BCUT2D eigenvalue weighted by Crippen LogP contribution is 2.43. The van der Waals surface area contributed by atoms with Crippen molar-refractivity contribution >= 4 is 56.4 Å². The van der Waals surface area contributed by atoms with Gasteiger partial charge in [-0.25, -0.2) is 9.69 Å². The highest BCUT2D eigenvalue weighted by molar-refractivity contribution is 9.11. The Labute approximate surface area is 190 Å². The van der Waals surface area contributed by atoms with Crippen LogP contribution in [0.2, 0.25) is 10.0 Å². The predicted molar refractivity (Wildman–Crippen MR) is 120 cm³/mol. The Balaban J connectivity index is 1.66. The largest absolute Gasteiger partial charge is 0.286 e. The molecule has 0 saturated carbocycles. The number of rotatable bonds is 3. The van der Waals surface area contributed by atoms with Gasteiger partial charge in [-0.05, 0) is 65.9 Å². The third-order valence-electron chi connectivity index (χ3n) is 5.34. The molecule has 150 valence electrons. The van der Waals surface area contributed by atoms with Crippen molar-refractivity contribution in [2.45, 2.75) is 25.7 Å². The summed E-state index contributed by atoms with van der Waals surface area (Å²) in [5.41, 5.74) is 7.19. The number of halogens is 3. The summed E-state index contributed by atoms with van der Waals surface area (Å²) in [4.78, 5) is 14.4.